The molecule has 10 heteroatoms. The van der Waals surface area contributed by atoms with Crippen LogP contribution in [0, 0.1) is 11.8 Å². The molecule has 0 aromatic carbocycles. The van der Waals surface area contributed by atoms with Crippen LogP contribution in [0.5, 0.6) is 0 Å². The molecule has 0 aliphatic heterocycles. The average molecular weight is 427 g/mol. The number of halogens is 2. The molecule has 2 heterocycles. The summed E-state index contributed by atoms with van der Waals surface area (Å²) < 4.78 is 14.5. The number of aromatic nitrogens is 2. The van der Waals surface area contributed by atoms with Gasteiger partial charge in [0.2, 0.25) is 0 Å². The van der Waals surface area contributed by atoms with E-state index in [1.807, 2.05) is 45.8 Å². The number of oxime groups is 2. The molecule has 0 radical (unpaired) electrons. The summed E-state index contributed by atoms with van der Waals surface area (Å²) in [6.07, 6.45) is 9.97. The minimum atomic E-state index is 0. The number of hydrogen-bond donors (Lipinski definition) is 2. The minimum absolute atomic E-state index is 0. The van der Waals surface area contributed by atoms with Crippen LogP contribution in [-0.2, 0) is 22.9 Å². The van der Waals surface area contributed by atoms with Crippen LogP contribution in [0.2, 0.25) is 0 Å². The average Bonchev–Trinajstić information content (AvgIpc) is 2.65. The van der Waals surface area contributed by atoms with Gasteiger partial charge in [-0.3, -0.25) is 0 Å². The molecular weight excluding hydrogens is 407 g/mol. The van der Waals surface area contributed by atoms with Gasteiger partial charge < -0.3 is 44.7 Å². The van der Waals surface area contributed by atoms with Crippen molar-refractivity contribution in [1.82, 2.24) is 0 Å². The molecule has 2 aromatic heterocycles. The van der Waals surface area contributed by atoms with E-state index in [1.165, 1.54) is 12.4 Å². The molecule has 2 aromatic rings. The summed E-state index contributed by atoms with van der Waals surface area (Å²) in [5.41, 5.74) is 1.54. The van der Waals surface area contributed by atoms with Crippen LogP contribution in [0.15, 0.2) is 59.4 Å². The van der Waals surface area contributed by atoms with Crippen molar-refractivity contribution in [2.75, 3.05) is 13.2 Å². The summed E-state index contributed by atoms with van der Waals surface area (Å²) in [5.74, 6) is 5.75. The molecule has 0 atom stereocenters. The third kappa shape index (κ3) is 9.85. The molecular formula is C18H20Cl2N4O4. The highest BCUT2D eigenvalue weighted by Gasteiger charge is 2.01. The van der Waals surface area contributed by atoms with Crippen LogP contribution in [0.4, 0.5) is 0 Å². The van der Waals surface area contributed by atoms with E-state index in [9.17, 15) is 0 Å². The highest BCUT2D eigenvalue weighted by Crippen LogP contribution is 1.90. The molecule has 0 saturated heterocycles. The van der Waals surface area contributed by atoms with Crippen LogP contribution < -0.4 is 33.9 Å². The maximum atomic E-state index is 8.52. The van der Waals surface area contributed by atoms with E-state index in [0.717, 1.165) is 11.1 Å². The molecule has 28 heavy (non-hydrogen) atoms. The Balaban J connectivity index is 0.00000364. The maximum absolute atomic E-state index is 8.52. The Bertz CT molecular complexity index is 757. The summed E-state index contributed by atoms with van der Waals surface area (Å²) in [5, 5.41) is 23.0. The van der Waals surface area contributed by atoms with Crippen LogP contribution in [0.25, 0.3) is 0 Å². The Morgan fingerprint density at radius 1 is 0.821 bits per heavy atom. The van der Waals surface area contributed by atoms with Crippen LogP contribution in [0.3, 0.4) is 0 Å². The monoisotopic (exact) mass is 426 g/mol. The summed E-state index contributed by atoms with van der Waals surface area (Å²) in [6.45, 7) is 1.25. The second-order valence-corrected chi connectivity index (χ2v) is 5.10. The number of rotatable bonds is 8. The topological polar surface area (TPSA) is 91.4 Å². The zero-order valence-corrected chi connectivity index (χ0v) is 16.4. The SMILES string of the molecule is O/N=C/c1ccc[n+](COCC#CCOC[n+]2cccc(/C=N/O)c2)c1.[Cl-].[Cl-]. The lowest BCUT2D eigenvalue weighted by Crippen LogP contribution is -3.00. The molecule has 2 rings (SSSR count). The Kier molecular flexibility index (Phi) is 13.9. The van der Waals surface area contributed by atoms with E-state index in [4.69, 9.17) is 19.9 Å². The van der Waals surface area contributed by atoms with Gasteiger partial charge in [-0.15, -0.1) is 0 Å². The van der Waals surface area contributed by atoms with Gasteiger partial charge >= 0.3 is 0 Å². The number of ether oxygens (including phenoxy) is 2. The van der Waals surface area contributed by atoms with Gasteiger partial charge in [0.1, 0.15) is 13.2 Å². The van der Waals surface area contributed by atoms with Crippen molar-refractivity contribution in [3.63, 3.8) is 0 Å². The van der Waals surface area contributed by atoms with E-state index < -0.39 is 0 Å². The summed E-state index contributed by atoms with van der Waals surface area (Å²) >= 11 is 0. The second-order valence-electron chi connectivity index (χ2n) is 5.10. The molecule has 0 aliphatic carbocycles. The lowest BCUT2D eigenvalue weighted by Gasteiger charge is -1.97. The number of pyridine rings is 2. The molecule has 0 fully saturated rings. The van der Waals surface area contributed by atoms with Gasteiger partial charge in [-0.25, -0.2) is 0 Å². The third-order valence-electron chi connectivity index (χ3n) is 3.13. The first kappa shape index (κ1) is 25.3. The van der Waals surface area contributed by atoms with Crippen molar-refractivity contribution >= 4 is 12.4 Å². The summed E-state index contributed by atoms with van der Waals surface area (Å²) in [4.78, 5) is 0. The maximum Gasteiger partial charge on any atom is 0.253 e. The lowest BCUT2D eigenvalue weighted by atomic mass is 10.3. The standard InChI is InChI=1S/C18H18N4O4.2ClH/c23-19-11-17-5-3-7-21(13-17)15-25-9-1-2-10-26-16-22-8-4-6-18(14-22)12-20-24;;/h3-8,11-14H,9-10,15-16H2;2*1H/b19-11+,20-12+;;. The van der Waals surface area contributed by atoms with Crippen molar-refractivity contribution in [2.45, 2.75) is 13.5 Å². The van der Waals surface area contributed by atoms with Crippen LogP contribution >= 0.6 is 0 Å². The first-order chi connectivity index (χ1) is 12.8. The van der Waals surface area contributed by atoms with Crippen LogP contribution in [0.1, 0.15) is 11.1 Å². The van der Waals surface area contributed by atoms with E-state index >= 15 is 0 Å². The predicted molar refractivity (Wildman–Crippen MR) is 91.7 cm³/mol. The van der Waals surface area contributed by atoms with Gasteiger partial charge in [0.05, 0.1) is 23.6 Å². The highest BCUT2D eigenvalue weighted by atomic mass is 35.5. The highest BCUT2D eigenvalue weighted by molar-refractivity contribution is 5.78. The summed E-state index contributed by atoms with van der Waals surface area (Å²) in [7, 11) is 0. The number of hydrogen-bond acceptors (Lipinski definition) is 6. The fraction of sp³-hybridized carbons (Fsp3) is 0.222. The van der Waals surface area contributed by atoms with Crippen molar-refractivity contribution in [1.29, 1.82) is 0 Å². The van der Waals surface area contributed by atoms with E-state index in [-0.39, 0.29) is 38.0 Å². The molecule has 0 saturated carbocycles. The fourth-order valence-corrected chi connectivity index (χ4v) is 2.04. The van der Waals surface area contributed by atoms with Crippen LogP contribution in [-0.4, -0.2) is 36.1 Å². The Morgan fingerprint density at radius 2 is 1.25 bits per heavy atom. The second kappa shape index (κ2) is 15.4. The molecule has 0 aliphatic rings. The molecule has 0 spiro atoms. The molecule has 0 amide bonds. The van der Waals surface area contributed by atoms with Gasteiger partial charge in [0, 0.05) is 12.1 Å². The quantitative estimate of drug-likeness (QED) is 0.110. The van der Waals surface area contributed by atoms with Gasteiger partial charge in [-0.05, 0) is 12.1 Å². The number of nitrogens with zero attached hydrogens (tertiary/aromatic N) is 4. The zero-order chi connectivity index (χ0) is 18.5. The first-order valence-corrected chi connectivity index (χ1v) is 7.76. The van der Waals surface area contributed by atoms with Gasteiger partial charge in [0.25, 0.3) is 13.5 Å². The van der Waals surface area contributed by atoms with Gasteiger partial charge in [-0.1, -0.05) is 22.2 Å². The molecule has 0 unspecified atom stereocenters. The third-order valence-corrected chi connectivity index (χ3v) is 3.13. The Hall–Kier alpha value is -2.70. The Morgan fingerprint density at radius 3 is 1.64 bits per heavy atom. The molecule has 150 valence electrons. The summed E-state index contributed by atoms with van der Waals surface area (Å²) in [6, 6.07) is 7.30. The van der Waals surface area contributed by atoms with Crippen molar-refractivity contribution in [2.24, 2.45) is 10.3 Å². The normalized spacial score (nSPS) is 10.1. The van der Waals surface area contributed by atoms with Gasteiger partial charge in [0.15, 0.2) is 24.8 Å². The lowest BCUT2D eigenvalue weighted by molar-refractivity contribution is -0.732. The smallest absolute Gasteiger partial charge is 0.253 e. The van der Waals surface area contributed by atoms with Crippen molar-refractivity contribution in [3.8, 4) is 11.8 Å². The van der Waals surface area contributed by atoms with E-state index in [2.05, 4.69) is 22.2 Å². The zero-order valence-electron chi connectivity index (χ0n) is 14.9. The van der Waals surface area contributed by atoms with E-state index in [0.29, 0.717) is 13.5 Å². The fourth-order valence-electron chi connectivity index (χ4n) is 2.04. The van der Waals surface area contributed by atoms with Gasteiger partial charge in [-0.2, -0.15) is 9.13 Å². The Labute approximate surface area is 175 Å². The minimum Gasteiger partial charge on any atom is -1.00 e. The predicted octanol–water partition coefficient (Wildman–Crippen LogP) is -5.46. The molecule has 8 nitrogen and oxygen atoms in total. The first-order valence-electron chi connectivity index (χ1n) is 7.76. The largest absolute Gasteiger partial charge is 1.00 e. The van der Waals surface area contributed by atoms with Crippen molar-refractivity contribution in [3.05, 3.63) is 60.2 Å². The molecule has 2 N–H and O–H groups in total. The van der Waals surface area contributed by atoms with E-state index in [1.54, 1.807) is 12.4 Å². The molecule has 0 bridgehead atoms. The van der Waals surface area contributed by atoms with Crippen molar-refractivity contribution < 1.29 is 53.8 Å².